The summed E-state index contributed by atoms with van der Waals surface area (Å²) in [5.74, 6) is -0.0902. The van der Waals surface area contributed by atoms with Gasteiger partial charge in [0.25, 0.3) is 0 Å². The summed E-state index contributed by atoms with van der Waals surface area (Å²) in [6.07, 6.45) is 1.52. The maximum absolute atomic E-state index is 12.8. The van der Waals surface area contributed by atoms with Crippen LogP contribution in [0.4, 0.5) is 15.9 Å². The maximum atomic E-state index is 12.8. The number of carbonyl (C=O) groups is 2. The Kier molecular flexibility index (Phi) is 5.23. The van der Waals surface area contributed by atoms with E-state index in [1.54, 1.807) is 11.1 Å². The van der Waals surface area contributed by atoms with Gasteiger partial charge in [0.05, 0.1) is 0 Å². The predicted octanol–water partition coefficient (Wildman–Crippen LogP) is 1.90. The molecule has 2 amide bonds. The van der Waals surface area contributed by atoms with Crippen LogP contribution in [0.15, 0.2) is 48.7 Å². The fourth-order valence-electron chi connectivity index (χ4n) is 2.71. The summed E-state index contributed by atoms with van der Waals surface area (Å²) in [7, 11) is 0. The van der Waals surface area contributed by atoms with E-state index in [4.69, 9.17) is 0 Å². The summed E-state index contributed by atoms with van der Waals surface area (Å²) in [5.41, 5.74) is 0.471. The van der Waals surface area contributed by atoms with Crippen molar-refractivity contribution in [3.63, 3.8) is 0 Å². The molecule has 0 atom stereocenters. The standard InChI is InChI=1S/C18H19FN4O2/c19-14-4-6-15(7-5-14)21-17(24)13-18(25)23-11-9-22(10-12-23)16-3-1-2-8-20-16/h1-8H,9-13H2,(H,21,24). The van der Waals surface area contributed by atoms with Crippen LogP contribution in [-0.4, -0.2) is 47.9 Å². The second kappa shape index (κ2) is 7.74. The van der Waals surface area contributed by atoms with Gasteiger partial charge < -0.3 is 15.1 Å². The fourth-order valence-corrected chi connectivity index (χ4v) is 2.71. The molecule has 6 nitrogen and oxygen atoms in total. The molecular formula is C18H19FN4O2. The first-order valence-corrected chi connectivity index (χ1v) is 8.11. The molecular weight excluding hydrogens is 323 g/mol. The molecule has 1 fully saturated rings. The Morgan fingerprint density at radius 2 is 1.76 bits per heavy atom. The van der Waals surface area contributed by atoms with Gasteiger partial charge in [-0.15, -0.1) is 0 Å². The first-order chi connectivity index (χ1) is 12.1. The molecule has 0 saturated carbocycles. The molecule has 1 N–H and O–H groups in total. The van der Waals surface area contributed by atoms with E-state index < -0.39 is 5.91 Å². The molecule has 0 unspecified atom stereocenters. The Bertz CT molecular complexity index is 729. The lowest BCUT2D eigenvalue weighted by Crippen LogP contribution is -2.49. The van der Waals surface area contributed by atoms with E-state index in [0.717, 1.165) is 5.82 Å². The Labute approximate surface area is 145 Å². The van der Waals surface area contributed by atoms with Gasteiger partial charge in [0.15, 0.2) is 0 Å². The highest BCUT2D eigenvalue weighted by Crippen LogP contribution is 2.13. The molecule has 1 aliphatic rings. The number of piperazine rings is 1. The third-order valence-electron chi connectivity index (χ3n) is 4.05. The van der Waals surface area contributed by atoms with E-state index in [2.05, 4.69) is 15.2 Å². The number of carbonyl (C=O) groups excluding carboxylic acids is 2. The molecule has 0 bridgehead atoms. The largest absolute Gasteiger partial charge is 0.353 e. The van der Waals surface area contributed by atoms with Gasteiger partial charge in [-0.2, -0.15) is 0 Å². The number of hydrogen-bond donors (Lipinski definition) is 1. The lowest BCUT2D eigenvalue weighted by atomic mass is 10.2. The Hall–Kier alpha value is -2.96. The van der Waals surface area contributed by atoms with E-state index in [-0.39, 0.29) is 18.1 Å². The lowest BCUT2D eigenvalue weighted by molar-refractivity contribution is -0.134. The van der Waals surface area contributed by atoms with Crippen molar-refractivity contribution in [1.82, 2.24) is 9.88 Å². The zero-order valence-corrected chi connectivity index (χ0v) is 13.7. The number of halogens is 1. The summed E-state index contributed by atoms with van der Waals surface area (Å²) in [4.78, 5) is 32.3. The first kappa shape index (κ1) is 16.9. The Morgan fingerprint density at radius 1 is 1.04 bits per heavy atom. The van der Waals surface area contributed by atoms with Crippen LogP contribution in [0.2, 0.25) is 0 Å². The van der Waals surface area contributed by atoms with Crippen molar-refractivity contribution in [2.75, 3.05) is 36.4 Å². The van der Waals surface area contributed by atoms with E-state index >= 15 is 0 Å². The minimum Gasteiger partial charge on any atom is -0.353 e. The van der Waals surface area contributed by atoms with Gasteiger partial charge >= 0.3 is 0 Å². The van der Waals surface area contributed by atoms with Crippen molar-refractivity contribution >= 4 is 23.3 Å². The molecule has 2 aromatic rings. The molecule has 3 rings (SSSR count). The predicted molar refractivity (Wildman–Crippen MR) is 92.7 cm³/mol. The Balaban J connectivity index is 1.47. The minimum absolute atomic E-state index is 0.208. The van der Waals surface area contributed by atoms with Gasteiger partial charge in [-0.3, -0.25) is 9.59 Å². The number of amides is 2. The number of pyridine rings is 1. The molecule has 7 heteroatoms. The number of anilines is 2. The highest BCUT2D eigenvalue weighted by atomic mass is 19.1. The number of aromatic nitrogens is 1. The number of nitrogens with zero attached hydrogens (tertiary/aromatic N) is 3. The van der Waals surface area contributed by atoms with Crippen molar-refractivity contribution in [1.29, 1.82) is 0 Å². The molecule has 0 radical (unpaired) electrons. The van der Waals surface area contributed by atoms with E-state index in [0.29, 0.717) is 31.9 Å². The van der Waals surface area contributed by atoms with Crippen molar-refractivity contribution in [3.05, 3.63) is 54.5 Å². The average molecular weight is 342 g/mol. The van der Waals surface area contributed by atoms with Gasteiger partial charge in [-0.25, -0.2) is 9.37 Å². The smallest absolute Gasteiger partial charge is 0.233 e. The number of rotatable bonds is 4. The van der Waals surface area contributed by atoms with Crippen LogP contribution in [0.1, 0.15) is 6.42 Å². The molecule has 1 aromatic carbocycles. The van der Waals surface area contributed by atoms with E-state index in [9.17, 15) is 14.0 Å². The second-order valence-corrected chi connectivity index (χ2v) is 5.79. The quantitative estimate of drug-likeness (QED) is 0.862. The zero-order valence-electron chi connectivity index (χ0n) is 13.7. The number of nitrogens with one attached hydrogen (secondary N) is 1. The van der Waals surface area contributed by atoms with Crippen LogP contribution in [-0.2, 0) is 9.59 Å². The lowest BCUT2D eigenvalue weighted by Gasteiger charge is -2.35. The highest BCUT2D eigenvalue weighted by molar-refractivity contribution is 6.03. The SMILES string of the molecule is O=C(CC(=O)N1CCN(c2ccccn2)CC1)Nc1ccc(F)cc1. The molecule has 0 spiro atoms. The molecule has 130 valence electrons. The molecule has 1 aliphatic heterocycles. The highest BCUT2D eigenvalue weighted by Gasteiger charge is 2.23. The van der Waals surface area contributed by atoms with Crippen LogP contribution in [0.25, 0.3) is 0 Å². The molecule has 2 heterocycles. The van der Waals surface area contributed by atoms with Crippen LogP contribution in [0.3, 0.4) is 0 Å². The van der Waals surface area contributed by atoms with Crippen molar-refractivity contribution in [2.45, 2.75) is 6.42 Å². The van der Waals surface area contributed by atoms with E-state index in [1.165, 1.54) is 24.3 Å². The van der Waals surface area contributed by atoms with Gasteiger partial charge in [0.1, 0.15) is 18.1 Å². The molecule has 0 aliphatic carbocycles. The van der Waals surface area contributed by atoms with Crippen LogP contribution in [0, 0.1) is 5.82 Å². The summed E-state index contributed by atoms with van der Waals surface area (Å²) in [6, 6.07) is 11.2. The van der Waals surface area contributed by atoms with Gasteiger partial charge in [0.2, 0.25) is 11.8 Å². The normalized spacial score (nSPS) is 14.3. The average Bonchev–Trinajstić information content (AvgIpc) is 2.64. The molecule has 25 heavy (non-hydrogen) atoms. The van der Waals surface area contributed by atoms with E-state index in [1.807, 2.05) is 18.2 Å². The summed E-state index contributed by atoms with van der Waals surface area (Å²) in [5, 5.41) is 2.60. The minimum atomic E-state index is -0.399. The van der Waals surface area contributed by atoms with Crippen LogP contribution < -0.4 is 10.2 Å². The van der Waals surface area contributed by atoms with Crippen LogP contribution >= 0.6 is 0 Å². The first-order valence-electron chi connectivity index (χ1n) is 8.11. The topological polar surface area (TPSA) is 65.5 Å². The van der Waals surface area contributed by atoms with Gasteiger partial charge in [0, 0.05) is 38.1 Å². The number of hydrogen-bond acceptors (Lipinski definition) is 4. The fraction of sp³-hybridized carbons (Fsp3) is 0.278. The summed E-state index contributed by atoms with van der Waals surface area (Å²) < 4.78 is 12.8. The summed E-state index contributed by atoms with van der Waals surface area (Å²) >= 11 is 0. The molecule has 1 aromatic heterocycles. The monoisotopic (exact) mass is 342 g/mol. The molecule has 1 saturated heterocycles. The number of benzene rings is 1. The second-order valence-electron chi connectivity index (χ2n) is 5.79. The van der Waals surface area contributed by atoms with Gasteiger partial charge in [-0.05, 0) is 36.4 Å². The maximum Gasteiger partial charge on any atom is 0.233 e. The third-order valence-corrected chi connectivity index (χ3v) is 4.05. The van der Waals surface area contributed by atoms with Crippen molar-refractivity contribution < 1.29 is 14.0 Å². The third kappa shape index (κ3) is 4.53. The van der Waals surface area contributed by atoms with Crippen molar-refractivity contribution in [2.24, 2.45) is 0 Å². The Morgan fingerprint density at radius 3 is 2.40 bits per heavy atom. The van der Waals surface area contributed by atoms with Crippen LogP contribution in [0.5, 0.6) is 0 Å². The van der Waals surface area contributed by atoms with Gasteiger partial charge in [-0.1, -0.05) is 6.07 Å². The zero-order chi connectivity index (χ0) is 17.6. The summed E-state index contributed by atoms with van der Waals surface area (Å²) in [6.45, 7) is 2.48. The van der Waals surface area contributed by atoms with Crippen molar-refractivity contribution in [3.8, 4) is 0 Å².